The Kier molecular flexibility index (Phi) is 3.41. The molecule has 0 aromatic carbocycles. The summed E-state index contributed by atoms with van der Waals surface area (Å²) < 4.78 is 27.5. The van der Waals surface area contributed by atoms with E-state index in [1.165, 1.54) is 17.8 Å². The molecule has 0 radical (unpaired) electrons. The first-order valence-electron chi connectivity index (χ1n) is 5.85. The van der Waals surface area contributed by atoms with Crippen LogP contribution in [0.5, 0.6) is 0 Å². The summed E-state index contributed by atoms with van der Waals surface area (Å²) in [6.07, 6.45) is 3.26. The van der Waals surface area contributed by atoms with E-state index in [1.54, 1.807) is 0 Å². The molecule has 7 nitrogen and oxygen atoms in total. The second kappa shape index (κ2) is 4.62. The number of nitrogens with one attached hydrogen (secondary N) is 1. The maximum absolute atomic E-state index is 12.0. The van der Waals surface area contributed by atoms with Crippen molar-refractivity contribution in [1.82, 2.24) is 9.29 Å². The number of aromatic carboxylic acids is 1. The molecule has 8 heteroatoms. The van der Waals surface area contributed by atoms with Crippen LogP contribution in [0.4, 0.5) is 0 Å². The first-order valence-corrected chi connectivity index (χ1v) is 7.34. The number of nitrogens with zero attached hydrogens (tertiary/aromatic N) is 1. The molecule has 3 N–H and O–H groups in total. The van der Waals surface area contributed by atoms with Gasteiger partial charge in [0.25, 0.3) is 0 Å². The predicted octanol–water partition coefficient (Wildman–Crippen LogP) is -0.0834. The normalized spacial score (nSPS) is 18.0. The van der Waals surface area contributed by atoms with Gasteiger partial charge in [0.1, 0.15) is 10.6 Å². The second-order valence-corrected chi connectivity index (χ2v) is 6.65. The second-order valence-electron chi connectivity index (χ2n) is 4.88. The van der Waals surface area contributed by atoms with Crippen LogP contribution in [0.25, 0.3) is 0 Å². The molecule has 0 amide bonds. The van der Waals surface area contributed by atoms with Gasteiger partial charge in [-0.1, -0.05) is 0 Å². The summed E-state index contributed by atoms with van der Waals surface area (Å²) in [4.78, 5) is 10.7. The zero-order chi connectivity index (χ0) is 14.3. The Morgan fingerprint density at radius 3 is 2.58 bits per heavy atom. The average Bonchev–Trinajstić information content (AvgIpc) is 2.67. The zero-order valence-electron chi connectivity index (χ0n) is 10.5. The minimum atomic E-state index is -3.80. The van der Waals surface area contributed by atoms with Crippen molar-refractivity contribution in [3.05, 3.63) is 18.0 Å². The van der Waals surface area contributed by atoms with Gasteiger partial charge in [-0.05, 0) is 25.3 Å². The Bertz CT molecular complexity index is 601. The van der Waals surface area contributed by atoms with Crippen molar-refractivity contribution in [3.63, 3.8) is 0 Å². The van der Waals surface area contributed by atoms with Crippen LogP contribution in [0.1, 0.15) is 29.8 Å². The SMILES string of the molecule is Cn1cc(S(=O)(=O)NCC2(O)CCC2)cc1C(=O)O. The van der Waals surface area contributed by atoms with Gasteiger partial charge in [0, 0.05) is 19.8 Å². The fourth-order valence-electron chi connectivity index (χ4n) is 1.97. The van der Waals surface area contributed by atoms with Crippen LogP contribution in [0.15, 0.2) is 17.2 Å². The Balaban J connectivity index is 2.15. The van der Waals surface area contributed by atoms with E-state index in [0.717, 1.165) is 12.5 Å². The van der Waals surface area contributed by atoms with E-state index >= 15 is 0 Å². The summed E-state index contributed by atoms with van der Waals surface area (Å²) in [6.45, 7) is -0.0490. The lowest BCUT2D eigenvalue weighted by atomic mass is 9.81. The third kappa shape index (κ3) is 2.80. The van der Waals surface area contributed by atoms with E-state index in [4.69, 9.17) is 5.11 Å². The van der Waals surface area contributed by atoms with Gasteiger partial charge >= 0.3 is 5.97 Å². The lowest BCUT2D eigenvalue weighted by Gasteiger charge is -2.36. The van der Waals surface area contributed by atoms with Crippen molar-refractivity contribution in [2.24, 2.45) is 7.05 Å². The van der Waals surface area contributed by atoms with Crippen LogP contribution in [0.2, 0.25) is 0 Å². The van der Waals surface area contributed by atoms with Crippen LogP contribution in [0.3, 0.4) is 0 Å². The van der Waals surface area contributed by atoms with Gasteiger partial charge in [-0.25, -0.2) is 17.9 Å². The minimum absolute atomic E-state index is 0.0490. The smallest absolute Gasteiger partial charge is 0.352 e. The Morgan fingerprint density at radius 2 is 2.16 bits per heavy atom. The van der Waals surface area contributed by atoms with Crippen molar-refractivity contribution < 1.29 is 23.4 Å². The highest BCUT2D eigenvalue weighted by molar-refractivity contribution is 7.89. The summed E-state index contributed by atoms with van der Waals surface area (Å²) in [5.41, 5.74) is -1.07. The number of hydrogen-bond donors (Lipinski definition) is 3. The minimum Gasteiger partial charge on any atom is -0.477 e. The highest BCUT2D eigenvalue weighted by Crippen LogP contribution is 2.31. The lowest BCUT2D eigenvalue weighted by Crippen LogP contribution is -2.47. The number of hydrogen-bond acceptors (Lipinski definition) is 4. The predicted molar refractivity (Wildman–Crippen MR) is 66.4 cm³/mol. The third-order valence-electron chi connectivity index (χ3n) is 3.38. The van der Waals surface area contributed by atoms with E-state index in [2.05, 4.69) is 4.72 Å². The van der Waals surface area contributed by atoms with Gasteiger partial charge in [-0.3, -0.25) is 0 Å². The molecule has 0 saturated heterocycles. The van der Waals surface area contributed by atoms with Crippen LogP contribution < -0.4 is 4.72 Å². The standard InChI is InChI=1S/C11H16N2O5S/c1-13-6-8(5-9(13)10(14)15)19(17,18)12-7-11(16)3-2-4-11/h5-6,12,16H,2-4,7H2,1H3,(H,14,15). The number of carbonyl (C=O) groups is 1. The van der Waals surface area contributed by atoms with Crippen molar-refractivity contribution in [1.29, 1.82) is 0 Å². The fourth-order valence-corrected chi connectivity index (χ4v) is 3.16. The van der Waals surface area contributed by atoms with Crippen molar-refractivity contribution >= 4 is 16.0 Å². The largest absolute Gasteiger partial charge is 0.477 e. The van der Waals surface area contributed by atoms with Crippen LogP contribution in [0, 0.1) is 0 Å². The average molecular weight is 288 g/mol. The molecule has 1 aromatic heterocycles. The fraction of sp³-hybridized carbons (Fsp3) is 0.545. The first-order chi connectivity index (χ1) is 8.73. The molecular formula is C11H16N2O5S. The highest BCUT2D eigenvalue weighted by atomic mass is 32.2. The Labute approximate surface area is 110 Å². The van der Waals surface area contributed by atoms with Gasteiger partial charge in [-0.2, -0.15) is 0 Å². The third-order valence-corrected chi connectivity index (χ3v) is 4.75. The molecule has 1 heterocycles. The van der Waals surface area contributed by atoms with Crippen molar-refractivity contribution in [2.75, 3.05) is 6.54 Å². The molecule has 0 atom stereocenters. The van der Waals surface area contributed by atoms with Gasteiger partial charge in [0.15, 0.2) is 0 Å². The topological polar surface area (TPSA) is 109 Å². The zero-order valence-corrected chi connectivity index (χ0v) is 11.3. The van der Waals surface area contributed by atoms with Crippen LogP contribution >= 0.6 is 0 Å². The molecule has 106 valence electrons. The van der Waals surface area contributed by atoms with Gasteiger partial charge in [0.2, 0.25) is 10.0 Å². The molecule has 0 spiro atoms. The molecule has 1 saturated carbocycles. The van der Waals surface area contributed by atoms with Gasteiger partial charge < -0.3 is 14.8 Å². The molecule has 0 bridgehead atoms. The van der Waals surface area contributed by atoms with Gasteiger partial charge in [-0.15, -0.1) is 0 Å². The van der Waals surface area contributed by atoms with Crippen LogP contribution in [-0.2, 0) is 17.1 Å². The Morgan fingerprint density at radius 1 is 1.53 bits per heavy atom. The summed E-state index contributed by atoms with van der Waals surface area (Å²) >= 11 is 0. The number of sulfonamides is 1. The van der Waals surface area contributed by atoms with E-state index in [9.17, 15) is 18.3 Å². The summed E-state index contributed by atoms with van der Waals surface area (Å²) in [6, 6.07) is 1.09. The molecular weight excluding hydrogens is 272 g/mol. The summed E-state index contributed by atoms with van der Waals surface area (Å²) in [5.74, 6) is -1.19. The number of carboxylic acids is 1. The van der Waals surface area contributed by atoms with E-state index in [1.807, 2.05) is 0 Å². The summed E-state index contributed by atoms with van der Waals surface area (Å²) in [7, 11) is -2.34. The molecule has 1 aliphatic carbocycles. The number of aromatic nitrogens is 1. The molecule has 0 aliphatic heterocycles. The molecule has 1 aromatic rings. The number of carboxylic acid groups (broad SMARTS) is 1. The van der Waals surface area contributed by atoms with E-state index in [0.29, 0.717) is 12.8 Å². The highest BCUT2D eigenvalue weighted by Gasteiger charge is 2.35. The first kappa shape index (κ1) is 14.0. The molecule has 1 fully saturated rings. The van der Waals surface area contributed by atoms with Crippen molar-refractivity contribution in [2.45, 2.75) is 29.8 Å². The van der Waals surface area contributed by atoms with Gasteiger partial charge in [0.05, 0.1) is 5.60 Å². The van der Waals surface area contributed by atoms with E-state index < -0.39 is 21.6 Å². The monoisotopic (exact) mass is 288 g/mol. The molecule has 2 rings (SSSR count). The van der Waals surface area contributed by atoms with E-state index in [-0.39, 0.29) is 17.1 Å². The number of aryl methyl sites for hydroxylation is 1. The maximum Gasteiger partial charge on any atom is 0.352 e. The number of aliphatic hydroxyl groups is 1. The maximum atomic E-state index is 12.0. The van der Waals surface area contributed by atoms with Crippen molar-refractivity contribution in [3.8, 4) is 0 Å². The Hall–Kier alpha value is -1.38. The van der Waals surface area contributed by atoms with Crippen LogP contribution in [-0.4, -0.2) is 41.3 Å². The quantitative estimate of drug-likeness (QED) is 0.702. The molecule has 1 aliphatic rings. The molecule has 0 unspecified atom stereocenters. The lowest BCUT2D eigenvalue weighted by molar-refractivity contribution is -0.0270. The number of rotatable bonds is 5. The molecule has 19 heavy (non-hydrogen) atoms. The summed E-state index contributed by atoms with van der Waals surface area (Å²) in [5, 5.41) is 18.7.